The Kier molecular flexibility index (Phi) is 5.26. The Balaban J connectivity index is 1.79. The Morgan fingerprint density at radius 2 is 2.19 bits per heavy atom. The zero-order valence-electron chi connectivity index (χ0n) is 11.8. The number of nitro groups is 1. The van der Waals surface area contributed by atoms with Gasteiger partial charge in [-0.05, 0) is 29.6 Å². The Morgan fingerprint density at radius 1 is 1.48 bits per heavy atom. The van der Waals surface area contributed by atoms with E-state index in [-0.39, 0.29) is 30.8 Å². The van der Waals surface area contributed by atoms with E-state index in [0.29, 0.717) is 12.5 Å². The molecule has 1 heterocycles. The van der Waals surface area contributed by atoms with Crippen LogP contribution < -0.4 is 5.32 Å². The molecule has 1 aromatic rings. The van der Waals surface area contributed by atoms with Crippen LogP contribution in [0.4, 0.5) is 5.82 Å². The molecule has 2 unspecified atom stereocenters. The van der Waals surface area contributed by atoms with Crippen LogP contribution in [0.25, 0.3) is 0 Å². The maximum absolute atomic E-state index is 11.8. The van der Waals surface area contributed by atoms with E-state index in [1.54, 1.807) is 0 Å². The van der Waals surface area contributed by atoms with E-state index >= 15 is 0 Å². The molecule has 0 aliphatic heterocycles. The quantitative estimate of drug-likeness (QED) is 0.593. The van der Waals surface area contributed by atoms with E-state index in [2.05, 4.69) is 10.4 Å². The fraction of sp³-hybridized carbons (Fsp3) is 0.692. The molecule has 2 atom stereocenters. The van der Waals surface area contributed by atoms with Gasteiger partial charge in [0.05, 0.1) is 17.4 Å². The van der Waals surface area contributed by atoms with Crippen molar-refractivity contribution in [2.75, 3.05) is 13.2 Å². The maximum atomic E-state index is 11.8. The minimum atomic E-state index is -0.595. The van der Waals surface area contributed by atoms with E-state index in [0.717, 1.165) is 25.7 Å². The van der Waals surface area contributed by atoms with Crippen LogP contribution in [0.2, 0.25) is 0 Å². The number of aliphatic hydroxyl groups is 1. The molecule has 0 spiro atoms. The predicted octanol–water partition coefficient (Wildman–Crippen LogP) is 0.706. The van der Waals surface area contributed by atoms with Crippen LogP contribution in [0, 0.1) is 22.0 Å². The number of hydrogen-bond donors (Lipinski definition) is 2. The summed E-state index contributed by atoms with van der Waals surface area (Å²) in [6, 6.07) is 1.26. The highest BCUT2D eigenvalue weighted by molar-refractivity contribution is 5.75. The molecule has 8 nitrogen and oxygen atoms in total. The SMILES string of the molecule is O=C(Cn1ccc([N+](=O)[O-])n1)NCC1CCCCC1CO. The van der Waals surface area contributed by atoms with Gasteiger partial charge in [0.2, 0.25) is 5.91 Å². The number of nitrogens with zero attached hydrogens (tertiary/aromatic N) is 3. The van der Waals surface area contributed by atoms with E-state index in [4.69, 9.17) is 0 Å². The summed E-state index contributed by atoms with van der Waals surface area (Å²) in [5, 5.41) is 26.3. The highest BCUT2D eigenvalue weighted by Gasteiger charge is 2.24. The van der Waals surface area contributed by atoms with E-state index in [1.807, 2.05) is 0 Å². The number of carbonyl (C=O) groups is 1. The second-order valence-corrected chi connectivity index (χ2v) is 5.42. The molecule has 1 aromatic heterocycles. The third kappa shape index (κ3) is 4.25. The molecule has 21 heavy (non-hydrogen) atoms. The lowest BCUT2D eigenvalue weighted by molar-refractivity contribution is -0.389. The third-order valence-electron chi connectivity index (χ3n) is 3.98. The molecule has 0 saturated heterocycles. The molecule has 2 N–H and O–H groups in total. The summed E-state index contributed by atoms with van der Waals surface area (Å²) < 4.78 is 1.25. The number of rotatable bonds is 6. The lowest BCUT2D eigenvalue weighted by atomic mass is 9.79. The molecule has 2 rings (SSSR count). The lowest BCUT2D eigenvalue weighted by Gasteiger charge is -2.30. The summed E-state index contributed by atoms with van der Waals surface area (Å²) in [7, 11) is 0. The first kappa shape index (κ1) is 15.4. The number of aliphatic hydroxyl groups excluding tert-OH is 1. The molecule has 116 valence electrons. The summed E-state index contributed by atoms with van der Waals surface area (Å²) in [5.74, 6) is 0.0650. The molecule has 0 radical (unpaired) electrons. The van der Waals surface area contributed by atoms with E-state index in [1.165, 1.54) is 16.9 Å². The second-order valence-electron chi connectivity index (χ2n) is 5.42. The largest absolute Gasteiger partial charge is 0.396 e. The first-order valence-electron chi connectivity index (χ1n) is 7.15. The van der Waals surface area contributed by atoms with Gasteiger partial charge in [-0.2, -0.15) is 4.68 Å². The van der Waals surface area contributed by atoms with Gasteiger partial charge in [-0.1, -0.05) is 12.8 Å². The van der Waals surface area contributed by atoms with Gasteiger partial charge >= 0.3 is 5.82 Å². The van der Waals surface area contributed by atoms with Crippen LogP contribution in [0.5, 0.6) is 0 Å². The molecule has 1 aliphatic rings. The monoisotopic (exact) mass is 296 g/mol. The van der Waals surface area contributed by atoms with Gasteiger partial charge in [-0.3, -0.25) is 4.79 Å². The van der Waals surface area contributed by atoms with Crippen LogP contribution in [0.15, 0.2) is 12.3 Å². The van der Waals surface area contributed by atoms with E-state index < -0.39 is 4.92 Å². The van der Waals surface area contributed by atoms with Crippen molar-refractivity contribution in [1.82, 2.24) is 15.1 Å². The van der Waals surface area contributed by atoms with Crippen molar-refractivity contribution in [2.24, 2.45) is 11.8 Å². The van der Waals surface area contributed by atoms with Gasteiger partial charge in [0.25, 0.3) is 0 Å². The topological polar surface area (TPSA) is 110 Å². The van der Waals surface area contributed by atoms with Crippen molar-refractivity contribution in [3.8, 4) is 0 Å². The molecular weight excluding hydrogens is 276 g/mol. The van der Waals surface area contributed by atoms with Gasteiger partial charge in [0.15, 0.2) is 0 Å². The third-order valence-corrected chi connectivity index (χ3v) is 3.98. The average Bonchev–Trinajstić information content (AvgIpc) is 2.94. The molecular formula is C13H20N4O4. The summed E-state index contributed by atoms with van der Waals surface area (Å²) in [6.07, 6.45) is 5.69. The van der Waals surface area contributed by atoms with Gasteiger partial charge in [0.1, 0.15) is 6.54 Å². The van der Waals surface area contributed by atoms with Gasteiger partial charge in [-0.25, -0.2) is 0 Å². The minimum absolute atomic E-state index is 0.0373. The molecule has 1 fully saturated rings. The lowest BCUT2D eigenvalue weighted by Crippen LogP contribution is -2.37. The summed E-state index contributed by atoms with van der Waals surface area (Å²) in [4.78, 5) is 21.7. The van der Waals surface area contributed by atoms with Crippen LogP contribution in [-0.4, -0.2) is 38.9 Å². The van der Waals surface area contributed by atoms with Crippen molar-refractivity contribution < 1.29 is 14.8 Å². The molecule has 8 heteroatoms. The van der Waals surface area contributed by atoms with Gasteiger partial charge in [0, 0.05) is 13.2 Å². The zero-order chi connectivity index (χ0) is 15.2. The number of amides is 1. The summed E-state index contributed by atoms with van der Waals surface area (Å²) in [6.45, 7) is 0.656. The Hall–Kier alpha value is -1.96. The van der Waals surface area contributed by atoms with Crippen LogP contribution in [0.1, 0.15) is 25.7 Å². The first-order chi connectivity index (χ1) is 10.1. The van der Waals surface area contributed by atoms with Crippen molar-refractivity contribution in [1.29, 1.82) is 0 Å². The van der Waals surface area contributed by atoms with Gasteiger partial charge in [-0.15, -0.1) is 0 Å². The highest BCUT2D eigenvalue weighted by atomic mass is 16.6. The standard InChI is InChI=1S/C13H20N4O4/c18-9-11-4-2-1-3-10(11)7-14-13(19)8-16-6-5-12(15-16)17(20)21/h5-6,10-11,18H,1-4,7-9H2,(H,14,19). The van der Waals surface area contributed by atoms with Crippen molar-refractivity contribution in [3.63, 3.8) is 0 Å². The fourth-order valence-corrected chi connectivity index (χ4v) is 2.78. The number of carbonyl (C=O) groups excluding carboxylic acids is 1. The van der Waals surface area contributed by atoms with Crippen molar-refractivity contribution in [3.05, 3.63) is 22.4 Å². The minimum Gasteiger partial charge on any atom is -0.396 e. The number of nitrogens with one attached hydrogen (secondary N) is 1. The van der Waals surface area contributed by atoms with Crippen LogP contribution in [0.3, 0.4) is 0 Å². The molecule has 0 aromatic carbocycles. The first-order valence-corrected chi connectivity index (χ1v) is 7.15. The fourth-order valence-electron chi connectivity index (χ4n) is 2.78. The Morgan fingerprint density at radius 3 is 2.81 bits per heavy atom. The molecule has 1 aliphatic carbocycles. The van der Waals surface area contributed by atoms with E-state index in [9.17, 15) is 20.0 Å². The summed E-state index contributed by atoms with van der Waals surface area (Å²) >= 11 is 0. The molecule has 0 bridgehead atoms. The number of hydrogen-bond acceptors (Lipinski definition) is 5. The van der Waals surface area contributed by atoms with Gasteiger partial charge < -0.3 is 20.5 Å². The normalized spacial score (nSPS) is 22.0. The Labute approximate surface area is 122 Å². The maximum Gasteiger partial charge on any atom is 0.389 e. The number of aromatic nitrogens is 2. The smallest absolute Gasteiger partial charge is 0.389 e. The van der Waals surface area contributed by atoms with Crippen molar-refractivity contribution >= 4 is 11.7 Å². The average molecular weight is 296 g/mol. The molecule has 1 amide bonds. The summed E-state index contributed by atoms with van der Waals surface area (Å²) in [5.41, 5.74) is 0. The molecule has 1 saturated carbocycles. The zero-order valence-corrected chi connectivity index (χ0v) is 11.8. The second kappa shape index (κ2) is 7.16. The van der Waals surface area contributed by atoms with Crippen LogP contribution >= 0.6 is 0 Å². The highest BCUT2D eigenvalue weighted by Crippen LogP contribution is 2.28. The van der Waals surface area contributed by atoms with Crippen LogP contribution in [-0.2, 0) is 11.3 Å². The predicted molar refractivity (Wildman–Crippen MR) is 74.4 cm³/mol. The van der Waals surface area contributed by atoms with Crippen molar-refractivity contribution in [2.45, 2.75) is 32.2 Å². The Bertz CT molecular complexity index is 502.